The van der Waals surface area contributed by atoms with E-state index in [0.29, 0.717) is 6.54 Å². The van der Waals surface area contributed by atoms with Crippen LogP contribution in [0.5, 0.6) is 0 Å². The van der Waals surface area contributed by atoms with E-state index in [2.05, 4.69) is 12.2 Å². The first-order valence-electron chi connectivity index (χ1n) is 8.76. The number of amides is 2. The number of carbonyl (C=O) groups is 2. The maximum absolute atomic E-state index is 12.6. The molecule has 1 aliphatic rings. The van der Waals surface area contributed by atoms with Crippen molar-refractivity contribution in [1.82, 2.24) is 0 Å². The van der Waals surface area contributed by atoms with Crippen LogP contribution in [-0.4, -0.2) is 18.4 Å². The fourth-order valence-electron chi connectivity index (χ4n) is 3.38. The van der Waals surface area contributed by atoms with Crippen molar-refractivity contribution >= 4 is 23.2 Å². The second kappa shape index (κ2) is 7.09. The molecule has 1 heterocycles. The molecule has 0 saturated carbocycles. The Morgan fingerprint density at radius 1 is 1.20 bits per heavy atom. The van der Waals surface area contributed by atoms with E-state index in [9.17, 15) is 9.59 Å². The second-order valence-corrected chi connectivity index (χ2v) is 6.70. The molecule has 2 aromatic rings. The van der Waals surface area contributed by atoms with Crippen LogP contribution >= 0.6 is 0 Å². The van der Waals surface area contributed by atoms with Gasteiger partial charge in [0.2, 0.25) is 11.8 Å². The maximum atomic E-state index is 12.6. The van der Waals surface area contributed by atoms with Gasteiger partial charge in [-0.1, -0.05) is 42.8 Å². The van der Waals surface area contributed by atoms with Crippen molar-refractivity contribution in [3.05, 3.63) is 59.2 Å². The van der Waals surface area contributed by atoms with E-state index in [1.165, 1.54) is 0 Å². The van der Waals surface area contributed by atoms with Gasteiger partial charge >= 0.3 is 0 Å². The number of rotatable bonds is 4. The van der Waals surface area contributed by atoms with Crippen LogP contribution in [-0.2, 0) is 16.0 Å². The molecule has 4 heteroatoms. The Morgan fingerprint density at radius 2 is 1.96 bits per heavy atom. The van der Waals surface area contributed by atoms with Gasteiger partial charge in [-0.25, -0.2) is 0 Å². The summed E-state index contributed by atoms with van der Waals surface area (Å²) in [5.41, 5.74) is 5.07. The Labute approximate surface area is 148 Å². The minimum absolute atomic E-state index is 0.0154. The average Bonchev–Trinajstić information content (AvgIpc) is 2.99. The van der Waals surface area contributed by atoms with Gasteiger partial charge < -0.3 is 10.2 Å². The molecule has 0 unspecified atom stereocenters. The number of nitrogens with zero attached hydrogens (tertiary/aromatic N) is 1. The van der Waals surface area contributed by atoms with Crippen molar-refractivity contribution in [3.8, 4) is 0 Å². The average molecular weight is 336 g/mol. The Hall–Kier alpha value is -2.62. The van der Waals surface area contributed by atoms with Crippen LogP contribution < -0.4 is 10.2 Å². The van der Waals surface area contributed by atoms with Crippen LogP contribution in [0.1, 0.15) is 30.0 Å². The van der Waals surface area contributed by atoms with Gasteiger partial charge in [0.25, 0.3) is 0 Å². The van der Waals surface area contributed by atoms with Gasteiger partial charge in [-0.05, 0) is 43.5 Å². The van der Waals surface area contributed by atoms with Crippen molar-refractivity contribution in [2.75, 3.05) is 16.8 Å². The first-order valence-corrected chi connectivity index (χ1v) is 8.76. The van der Waals surface area contributed by atoms with Gasteiger partial charge in [-0.2, -0.15) is 0 Å². The van der Waals surface area contributed by atoms with Gasteiger partial charge in [-0.15, -0.1) is 0 Å². The van der Waals surface area contributed by atoms with E-state index in [-0.39, 0.29) is 24.2 Å². The highest BCUT2D eigenvalue weighted by atomic mass is 16.2. The number of benzene rings is 2. The predicted octanol–water partition coefficient (Wildman–Crippen LogP) is 3.86. The largest absolute Gasteiger partial charge is 0.326 e. The summed E-state index contributed by atoms with van der Waals surface area (Å²) < 4.78 is 0. The highest BCUT2D eigenvalue weighted by Gasteiger charge is 2.35. The number of hydrogen-bond acceptors (Lipinski definition) is 2. The molecule has 130 valence electrons. The number of nitrogens with one attached hydrogen (secondary N) is 1. The lowest BCUT2D eigenvalue weighted by Crippen LogP contribution is -2.28. The topological polar surface area (TPSA) is 49.4 Å². The molecule has 0 spiro atoms. The molecule has 4 nitrogen and oxygen atoms in total. The van der Waals surface area contributed by atoms with Crippen molar-refractivity contribution in [1.29, 1.82) is 0 Å². The standard InChI is InChI=1S/C21H24N2O2/c1-4-16-7-5-6-8-19(16)23-13-17(12-20(23)24)21(25)22-18-10-9-14(2)11-15(18)3/h5-11,17H,4,12-13H2,1-3H3,(H,22,25)/t17-/m0/s1. The van der Waals surface area contributed by atoms with Gasteiger partial charge in [0.15, 0.2) is 0 Å². The minimum Gasteiger partial charge on any atom is -0.326 e. The van der Waals surface area contributed by atoms with Crippen LogP contribution in [0.3, 0.4) is 0 Å². The van der Waals surface area contributed by atoms with Gasteiger partial charge in [0.1, 0.15) is 0 Å². The molecule has 1 fully saturated rings. The fraction of sp³-hybridized carbons (Fsp3) is 0.333. The first kappa shape index (κ1) is 17.2. The number of carbonyl (C=O) groups excluding carboxylic acids is 2. The lowest BCUT2D eigenvalue weighted by molar-refractivity contribution is -0.122. The van der Waals surface area contributed by atoms with Crippen molar-refractivity contribution < 1.29 is 9.59 Å². The first-order chi connectivity index (χ1) is 12.0. The number of para-hydroxylation sites is 1. The summed E-state index contributed by atoms with van der Waals surface area (Å²) in [4.78, 5) is 26.9. The molecule has 0 radical (unpaired) electrons. The van der Waals surface area contributed by atoms with Gasteiger partial charge in [0.05, 0.1) is 5.92 Å². The summed E-state index contributed by atoms with van der Waals surface area (Å²) in [5, 5.41) is 2.98. The minimum atomic E-state index is -0.321. The molecule has 25 heavy (non-hydrogen) atoms. The Morgan fingerprint density at radius 3 is 2.68 bits per heavy atom. The summed E-state index contributed by atoms with van der Waals surface area (Å²) in [6.07, 6.45) is 1.12. The fourth-order valence-corrected chi connectivity index (χ4v) is 3.38. The zero-order valence-electron chi connectivity index (χ0n) is 15.0. The van der Waals surface area contributed by atoms with Crippen LogP contribution in [0.15, 0.2) is 42.5 Å². The van der Waals surface area contributed by atoms with E-state index < -0.39 is 0 Å². The molecule has 2 amide bonds. The summed E-state index contributed by atoms with van der Waals surface area (Å²) in [6.45, 7) is 6.51. The van der Waals surface area contributed by atoms with Crippen molar-refractivity contribution in [2.24, 2.45) is 5.92 Å². The lowest BCUT2D eigenvalue weighted by Gasteiger charge is -2.20. The van der Waals surface area contributed by atoms with Crippen LogP contribution in [0.4, 0.5) is 11.4 Å². The highest BCUT2D eigenvalue weighted by Crippen LogP contribution is 2.29. The molecular formula is C21H24N2O2. The SMILES string of the molecule is CCc1ccccc1N1C[C@@H](C(=O)Nc2ccc(C)cc2C)CC1=O. The third kappa shape index (κ3) is 3.58. The number of aryl methyl sites for hydroxylation is 3. The lowest BCUT2D eigenvalue weighted by atomic mass is 10.1. The van der Waals surface area contributed by atoms with Crippen molar-refractivity contribution in [2.45, 2.75) is 33.6 Å². The molecule has 2 aromatic carbocycles. The molecule has 1 aliphatic heterocycles. The molecule has 0 aliphatic carbocycles. The Bertz CT molecular complexity index is 813. The predicted molar refractivity (Wildman–Crippen MR) is 101 cm³/mol. The van der Waals surface area contributed by atoms with Crippen molar-refractivity contribution in [3.63, 3.8) is 0 Å². The smallest absolute Gasteiger partial charge is 0.229 e. The summed E-state index contributed by atoms with van der Waals surface area (Å²) in [6, 6.07) is 13.8. The summed E-state index contributed by atoms with van der Waals surface area (Å²) in [5.74, 6) is -0.392. The molecule has 0 bridgehead atoms. The second-order valence-electron chi connectivity index (χ2n) is 6.70. The van der Waals surface area contributed by atoms with E-state index in [1.807, 2.05) is 56.3 Å². The van der Waals surface area contributed by atoms with E-state index >= 15 is 0 Å². The zero-order chi connectivity index (χ0) is 18.0. The van der Waals surface area contributed by atoms with Crippen LogP contribution in [0.25, 0.3) is 0 Å². The van der Waals surface area contributed by atoms with E-state index in [4.69, 9.17) is 0 Å². The molecule has 1 saturated heterocycles. The van der Waals surface area contributed by atoms with Gasteiger partial charge in [-0.3, -0.25) is 9.59 Å². The quantitative estimate of drug-likeness (QED) is 0.922. The number of anilines is 2. The van der Waals surface area contributed by atoms with Gasteiger partial charge in [0, 0.05) is 24.3 Å². The molecule has 1 atom stereocenters. The number of hydrogen-bond donors (Lipinski definition) is 1. The summed E-state index contributed by atoms with van der Waals surface area (Å²) in [7, 11) is 0. The summed E-state index contributed by atoms with van der Waals surface area (Å²) >= 11 is 0. The third-order valence-electron chi connectivity index (χ3n) is 4.80. The molecule has 0 aromatic heterocycles. The molecule has 3 rings (SSSR count). The van der Waals surface area contributed by atoms with Crippen LogP contribution in [0.2, 0.25) is 0 Å². The highest BCUT2D eigenvalue weighted by molar-refractivity contribution is 6.04. The maximum Gasteiger partial charge on any atom is 0.229 e. The third-order valence-corrected chi connectivity index (χ3v) is 4.80. The van der Waals surface area contributed by atoms with E-state index in [0.717, 1.165) is 34.5 Å². The zero-order valence-corrected chi connectivity index (χ0v) is 15.0. The monoisotopic (exact) mass is 336 g/mol. The Kier molecular flexibility index (Phi) is 4.88. The molecule has 1 N–H and O–H groups in total. The Balaban J connectivity index is 1.74. The molecular weight excluding hydrogens is 312 g/mol. The normalized spacial score (nSPS) is 17.0. The van der Waals surface area contributed by atoms with Crippen LogP contribution in [0, 0.1) is 19.8 Å². The van der Waals surface area contributed by atoms with E-state index in [1.54, 1.807) is 4.90 Å².